The molecule has 0 aromatic rings. The Hall–Kier alpha value is -0.0800. The lowest BCUT2D eigenvalue weighted by Gasteiger charge is -2.47. The van der Waals surface area contributed by atoms with Gasteiger partial charge < -0.3 is 5.73 Å². The fourth-order valence-corrected chi connectivity index (χ4v) is 2.62. The number of likely N-dealkylation sites (tertiary alicyclic amines) is 1. The second kappa shape index (κ2) is 3.58. The lowest BCUT2D eigenvalue weighted by molar-refractivity contribution is 0.0362. The molecule has 2 N–H and O–H groups in total. The minimum atomic E-state index is 0.418. The highest BCUT2D eigenvalue weighted by atomic mass is 15.2. The molecule has 0 bridgehead atoms. The maximum Gasteiger partial charge on any atom is 0.0194 e. The van der Waals surface area contributed by atoms with Crippen molar-refractivity contribution in [1.29, 1.82) is 0 Å². The third-order valence-corrected chi connectivity index (χ3v) is 4.09. The molecular formula is C11H22N2. The number of piperidine rings is 1. The molecule has 4 unspecified atom stereocenters. The lowest BCUT2D eigenvalue weighted by atomic mass is 9.78. The molecule has 1 saturated heterocycles. The van der Waals surface area contributed by atoms with Gasteiger partial charge in [-0.1, -0.05) is 13.8 Å². The van der Waals surface area contributed by atoms with Gasteiger partial charge in [0, 0.05) is 18.6 Å². The molecule has 76 valence electrons. The summed E-state index contributed by atoms with van der Waals surface area (Å²) in [5, 5.41) is 0. The van der Waals surface area contributed by atoms with Gasteiger partial charge in [-0.25, -0.2) is 0 Å². The maximum absolute atomic E-state index is 6.09. The van der Waals surface area contributed by atoms with E-state index in [1.807, 2.05) is 0 Å². The van der Waals surface area contributed by atoms with Gasteiger partial charge in [0.05, 0.1) is 0 Å². The largest absolute Gasteiger partial charge is 0.326 e. The molecule has 2 nitrogen and oxygen atoms in total. The van der Waals surface area contributed by atoms with E-state index < -0.39 is 0 Å². The summed E-state index contributed by atoms with van der Waals surface area (Å²) in [6.07, 6.45) is 4.12. The van der Waals surface area contributed by atoms with Crippen molar-refractivity contribution in [2.45, 2.75) is 45.2 Å². The van der Waals surface area contributed by atoms with Crippen LogP contribution in [0.1, 0.15) is 33.1 Å². The number of hydrogen-bond acceptors (Lipinski definition) is 2. The predicted molar refractivity (Wildman–Crippen MR) is 55.5 cm³/mol. The molecule has 0 aromatic carbocycles. The van der Waals surface area contributed by atoms with Crippen LogP contribution in [0.15, 0.2) is 0 Å². The van der Waals surface area contributed by atoms with Crippen LogP contribution in [-0.4, -0.2) is 30.1 Å². The highest BCUT2D eigenvalue weighted by Crippen LogP contribution is 2.33. The summed E-state index contributed by atoms with van der Waals surface area (Å²) >= 11 is 0. The summed E-state index contributed by atoms with van der Waals surface area (Å²) in [5.41, 5.74) is 6.09. The van der Waals surface area contributed by atoms with Crippen LogP contribution in [0.4, 0.5) is 0 Å². The van der Waals surface area contributed by atoms with Crippen LogP contribution >= 0.6 is 0 Å². The second-order valence-corrected chi connectivity index (χ2v) is 5.05. The molecule has 2 fully saturated rings. The zero-order valence-electron chi connectivity index (χ0n) is 8.87. The molecule has 2 aliphatic rings. The molecule has 0 radical (unpaired) electrons. The molecule has 0 amide bonds. The average Bonchev–Trinajstić information content (AvgIpc) is 2.09. The van der Waals surface area contributed by atoms with E-state index in [0.29, 0.717) is 6.04 Å². The van der Waals surface area contributed by atoms with E-state index in [2.05, 4.69) is 18.7 Å². The van der Waals surface area contributed by atoms with Crippen molar-refractivity contribution in [3.63, 3.8) is 0 Å². The van der Waals surface area contributed by atoms with Gasteiger partial charge in [0.15, 0.2) is 0 Å². The fraction of sp³-hybridized carbons (Fsp3) is 1.00. The van der Waals surface area contributed by atoms with Gasteiger partial charge in [0.2, 0.25) is 0 Å². The van der Waals surface area contributed by atoms with Gasteiger partial charge in [0.25, 0.3) is 0 Å². The number of hydrogen-bond donors (Lipinski definition) is 1. The zero-order chi connectivity index (χ0) is 9.42. The third kappa shape index (κ3) is 1.75. The zero-order valence-corrected chi connectivity index (χ0v) is 8.87. The van der Waals surface area contributed by atoms with Crippen LogP contribution in [0.2, 0.25) is 0 Å². The van der Waals surface area contributed by atoms with Gasteiger partial charge in [0.1, 0.15) is 0 Å². The highest BCUT2D eigenvalue weighted by molar-refractivity contribution is 4.91. The topological polar surface area (TPSA) is 29.3 Å². The second-order valence-electron chi connectivity index (χ2n) is 5.05. The van der Waals surface area contributed by atoms with Crippen molar-refractivity contribution < 1.29 is 0 Å². The van der Waals surface area contributed by atoms with Crippen LogP contribution in [0.5, 0.6) is 0 Å². The quantitative estimate of drug-likeness (QED) is 0.665. The summed E-state index contributed by atoms with van der Waals surface area (Å²) in [6, 6.07) is 1.28. The molecule has 0 aromatic heterocycles. The van der Waals surface area contributed by atoms with E-state index in [-0.39, 0.29) is 0 Å². The highest BCUT2D eigenvalue weighted by Gasteiger charge is 2.35. The van der Waals surface area contributed by atoms with Crippen molar-refractivity contribution in [3.05, 3.63) is 0 Å². The first-order valence-corrected chi connectivity index (χ1v) is 5.68. The van der Waals surface area contributed by atoms with Crippen molar-refractivity contribution >= 4 is 0 Å². The standard InChI is InChI=1S/C11H22N2/c1-8-5-6-13(7-10(8)12)11-4-3-9(11)2/h8-11H,3-7,12H2,1-2H3. The Morgan fingerprint density at radius 2 is 1.85 bits per heavy atom. The number of nitrogens with zero attached hydrogens (tertiary/aromatic N) is 1. The first-order valence-electron chi connectivity index (χ1n) is 5.68. The molecule has 1 saturated carbocycles. The van der Waals surface area contributed by atoms with E-state index in [1.165, 1.54) is 25.8 Å². The third-order valence-electron chi connectivity index (χ3n) is 4.09. The Morgan fingerprint density at radius 3 is 2.31 bits per heavy atom. The van der Waals surface area contributed by atoms with Crippen molar-refractivity contribution in [1.82, 2.24) is 4.90 Å². The molecule has 1 heterocycles. The van der Waals surface area contributed by atoms with Crippen LogP contribution in [-0.2, 0) is 0 Å². The molecule has 4 atom stereocenters. The van der Waals surface area contributed by atoms with Gasteiger partial charge in [-0.3, -0.25) is 4.90 Å². The summed E-state index contributed by atoms with van der Waals surface area (Å²) < 4.78 is 0. The van der Waals surface area contributed by atoms with E-state index in [4.69, 9.17) is 5.73 Å². The summed E-state index contributed by atoms with van der Waals surface area (Å²) in [5.74, 6) is 1.65. The lowest BCUT2D eigenvalue weighted by Crippen LogP contribution is -2.55. The van der Waals surface area contributed by atoms with Gasteiger partial charge in [-0.05, 0) is 37.6 Å². The number of nitrogens with two attached hydrogens (primary N) is 1. The summed E-state index contributed by atoms with van der Waals surface area (Å²) in [4.78, 5) is 2.62. The Bertz CT molecular complexity index is 181. The molecule has 1 aliphatic carbocycles. The maximum atomic E-state index is 6.09. The van der Waals surface area contributed by atoms with E-state index in [9.17, 15) is 0 Å². The van der Waals surface area contributed by atoms with Crippen LogP contribution in [0.25, 0.3) is 0 Å². The number of rotatable bonds is 1. The molecule has 2 rings (SSSR count). The van der Waals surface area contributed by atoms with Crippen LogP contribution in [0.3, 0.4) is 0 Å². The van der Waals surface area contributed by atoms with Gasteiger partial charge in [-0.15, -0.1) is 0 Å². The van der Waals surface area contributed by atoms with E-state index in [0.717, 1.165) is 24.4 Å². The Balaban J connectivity index is 1.88. The van der Waals surface area contributed by atoms with Crippen molar-refractivity contribution in [2.24, 2.45) is 17.6 Å². The minimum Gasteiger partial charge on any atom is -0.326 e. The van der Waals surface area contributed by atoms with Crippen molar-refractivity contribution in [2.75, 3.05) is 13.1 Å². The molecular weight excluding hydrogens is 160 g/mol. The Morgan fingerprint density at radius 1 is 1.08 bits per heavy atom. The van der Waals surface area contributed by atoms with E-state index >= 15 is 0 Å². The summed E-state index contributed by atoms with van der Waals surface area (Å²) in [6.45, 7) is 7.07. The minimum absolute atomic E-state index is 0.418. The van der Waals surface area contributed by atoms with Gasteiger partial charge in [-0.2, -0.15) is 0 Å². The normalized spacial score (nSPS) is 47.3. The molecule has 0 spiro atoms. The van der Waals surface area contributed by atoms with Crippen molar-refractivity contribution in [3.8, 4) is 0 Å². The van der Waals surface area contributed by atoms with Gasteiger partial charge >= 0.3 is 0 Å². The molecule has 2 heteroatoms. The first kappa shape index (κ1) is 9.47. The average molecular weight is 182 g/mol. The smallest absolute Gasteiger partial charge is 0.0194 e. The van der Waals surface area contributed by atoms with Crippen LogP contribution in [0, 0.1) is 11.8 Å². The van der Waals surface area contributed by atoms with E-state index in [1.54, 1.807) is 0 Å². The first-order chi connectivity index (χ1) is 6.18. The Labute approximate surface area is 81.5 Å². The fourth-order valence-electron chi connectivity index (χ4n) is 2.62. The Kier molecular flexibility index (Phi) is 2.61. The SMILES string of the molecule is CC1CCN(C2CCC2C)CC1N. The van der Waals surface area contributed by atoms with Crippen LogP contribution < -0.4 is 5.73 Å². The monoisotopic (exact) mass is 182 g/mol. The molecule has 1 aliphatic heterocycles. The predicted octanol–water partition coefficient (Wildman–Crippen LogP) is 1.45. The summed E-state index contributed by atoms with van der Waals surface area (Å²) in [7, 11) is 0. The molecule has 13 heavy (non-hydrogen) atoms.